The van der Waals surface area contributed by atoms with Gasteiger partial charge in [0.15, 0.2) is 0 Å². The summed E-state index contributed by atoms with van der Waals surface area (Å²) in [6.07, 6.45) is -3.20. The minimum atomic E-state index is -4.77. The zero-order valence-electron chi connectivity index (χ0n) is 12.4. The number of nitrogens with one attached hydrogen (secondary N) is 1. The van der Waals surface area contributed by atoms with E-state index >= 15 is 0 Å². The largest absolute Gasteiger partial charge is 0.428 e. The first kappa shape index (κ1) is 17.8. The molecule has 0 spiro atoms. The van der Waals surface area contributed by atoms with Crippen molar-refractivity contribution in [1.29, 1.82) is 0 Å². The predicted octanol–water partition coefficient (Wildman–Crippen LogP) is 5.14. The lowest BCUT2D eigenvalue weighted by molar-refractivity contribution is -0.269. The van der Waals surface area contributed by atoms with Gasteiger partial charge in [-0.05, 0) is 29.8 Å². The fourth-order valence-electron chi connectivity index (χ4n) is 2.50. The lowest BCUT2D eigenvalue weighted by Crippen LogP contribution is -2.42. The van der Waals surface area contributed by atoms with E-state index in [-0.39, 0.29) is 21.3 Å². The van der Waals surface area contributed by atoms with Crippen LogP contribution in [0.3, 0.4) is 0 Å². The van der Waals surface area contributed by atoms with Gasteiger partial charge in [0, 0.05) is 21.2 Å². The van der Waals surface area contributed by atoms with Crippen LogP contribution in [-0.4, -0.2) is 12.5 Å². The Balaban J connectivity index is 2.11. The number of hydrogen-bond donors (Lipinski definition) is 1. The third kappa shape index (κ3) is 3.25. The molecular weight excluding hydrogens is 378 g/mol. The van der Waals surface area contributed by atoms with E-state index in [0.717, 1.165) is 18.2 Å². The Morgan fingerprint density at radius 1 is 1.04 bits per heavy atom. The highest BCUT2D eigenvalue weighted by atomic mass is 35.5. The lowest BCUT2D eigenvalue weighted by Gasteiger charge is -2.28. The van der Waals surface area contributed by atoms with E-state index in [1.165, 1.54) is 30.3 Å². The molecule has 1 atom stereocenters. The molecule has 0 aliphatic carbocycles. The van der Waals surface area contributed by atoms with Gasteiger partial charge in [-0.2, -0.15) is 13.2 Å². The Kier molecular flexibility index (Phi) is 4.53. The zero-order valence-corrected chi connectivity index (χ0v) is 13.9. The van der Waals surface area contributed by atoms with Crippen LogP contribution < -0.4 is 5.48 Å². The van der Waals surface area contributed by atoms with E-state index in [2.05, 4.69) is 5.48 Å². The fourth-order valence-corrected chi connectivity index (χ4v) is 3.02. The third-order valence-electron chi connectivity index (χ3n) is 3.74. The summed E-state index contributed by atoms with van der Waals surface area (Å²) < 4.78 is 41.5. The first-order valence-corrected chi connectivity index (χ1v) is 7.76. The van der Waals surface area contributed by atoms with E-state index in [9.17, 15) is 18.0 Å². The average Bonchev–Trinajstić information content (AvgIpc) is 3.00. The number of alkyl halides is 3. The van der Waals surface area contributed by atoms with Crippen molar-refractivity contribution in [3.63, 3.8) is 0 Å². The monoisotopic (exact) mass is 387 g/mol. The molecule has 0 saturated heterocycles. The van der Waals surface area contributed by atoms with Crippen LogP contribution in [0.5, 0.6) is 0 Å². The molecule has 0 aromatic heterocycles. The third-order valence-corrected chi connectivity index (χ3v) is 4.18. The van der Waals surface area contributed by atoms with Crippen molar-refractivity contribution in [2.75, 3.05) is 0 Å². The molecule has 0 amide bonds. The second kappa shape index (κ2) is 6.37. The van der Waals surface area contributed by atoms with Gasteiger partial charge in [-0.3, -0.25) is 15.1 Å². The molecule has 1 unspecified atom stereocenters. The van der Waals surface area contributed by atoms with Crippen LogP contribution in [0, 0.1) is 0 Å². The molecule has 0 bridgehead atoms. The number of carbonyl (C=O) groups is 1. The maximum atomic E-state index is 13.8. The van der Waals surface area contributed by atoms with Crippen LogP contribution in [0.15, 0.2) is 48.5 Å². The minimum absolute atomic E-state index is 0.0620. The van der Waals surface area contributed by atoms with Crippen molar-refractivity contribution >= 4 is 35.2 Å². The number of rotatable bonds is 3. The van der Waals surface area contributed by atoms with Gasteiger partial charge in [-0.1, -0.05) is 47.5 Å². The van der Waals surface area contributed by atoms with Crippen LogP contribution in [0.4, 0.5) is 13.2 Å². The topological polar surface area (TPSA) is 38.3 Å². The Bertz CT molecular complexity index is 830. The highest BCUT2D eigenvalue weighted by Crippen LogP contribution is 2.48. The molecular formula is C17H10Cl2F3NO2. The number of hydrogen-bond acceptors (Lipinski definition) is 3. The van der Waals surface area contributed by atoms with Crippen molar-refractivity contribution in [1.82, 2.24) is 5.48 Å². The average molecular weight is 388 g/mol. The summed E-state index contributed by atoms with van der Waals surface area (Å²) in [6.45, 7) is 0. The smallest absolute Gasteiger partial charge is 0.298 e. The molecule has 1 heterocycles. The normalized spacial score (nSPS) is 20.1. The summed E-state index contributed by atoms with van der Waals surface area (Å²) >= 11 is 11.7. The Hall–Kier alpha value is -2.02. The predicted molar refractivity (Wildman–Crippen MR) is 88.2 cm³/mol. The van der Waals surface area contributed by atoms with Gasteiger partial charge in [0.25, 0.3) is 0 Å². The van der Waals surface area contributed by atoms with Gasteiger partial charge >= 0.3 is 6.18 Å². The quantitative estimate of drug-likeness (QED) is 0.741. The van der Waals surface area contributed by atoms with Crippen LogP contribution >= 0.6 is 23.2 Å². The molecule has 3 nitrogen and oxygen atoms in total. The summed E-state index contributed by atoms with van der Waals surface area (Å²) in [5.41, 5.74) is 0.291. The van der Waals surface area contributed by atoms with Gasteiger partial charge in [0.05, 0.1) is 5.70 Å². The van der Waals surface area contributed by atoms with Crippen LogP contribution in [0.1, 0.15) is 21.5 Å². The molecule has 0 fully saturated rings. The van der Waals surface area contributed by atoms with Crippen LogP contribution in [0.2, 0.25) is 10.0 Å². The van der Waals surface area contributed by atoms with Gasteiger partial charge < -0.3 is 0 Å². The maximum absolute atomic E-state index is 13.8. The molecule has 8 heteroatoms. The molecule has 2 aromatic rings. The number of carbonyl (C=O) groups excluding carboxylic acids is 1. The van der Waals surface area contributed by atoms with E-state index in [1.54, 1.807) is 0 Å². The standard InChI is InChI=1S/C17H10Cl2F3NO2/c18-13-5-12(6-14(19)7-13)16(17(20,21)22)8-15(23-25-16)11-3-1-10(9-24)2-4-11/h1-9,23H. The summed E-state index contributed by atoms with van der Waals surface area (Å²) in [5.74, 6) is 0. The maximum Gasteiger partial charge on any atom is 0.428 e. The van der Waals surface area contributed by atoms with Crippen molar-refractivity contribution in [3.05, 3.63) is 75.3 Å². The minimum Gasteiger partial charge on any atom is -0.298 e. The van der Waals surface area contributed by atoms with Crippen molar-refractivity contribution in [2.45, 2.75) is 11.8 Å². The first-order valence-electron chi connectivity index (χ1n) is 7.01. The molecule has 25 heavy (non-hydrogen) atoms. The van der Waals surface area contributed by atoms with Crippen LogP contribution in [0.25, 0.3) is 5.70 Å². The van der Waals surface area contributed by atoms with Gasteiger partial charge in [0.1, 0.15) is 6.29 Å². The van der Waals surface area contributed by atoms with Crippen molar-refractivity contribution in [2.24, 2.45) is 0 Å². The van der Waals surface area contributed by atoms with Gasteiger partial charge in [-0.15, -0.1) is 0 Å². The lowest BCUT2D eigenvalue weighted by atomic mass is 9.91. The van der Waals surface area contributed by atoms with Crippen molar-refractivity contribution < 1.29 is 22.8 Å². The first-order chi connectivity index (χ1) is 11.7. The fraction of sp³-hybridized carbons (Fsp3) is 0.118. The van der Waals surface area contributed by atoms with E-state index in [1.807, 2.05) is 0 Å². The Morgan fingerprint density at radius 2 is 1.64 bits per heavy atom. The zero-order chi connectivity index (χ0) is 18.2. The van der Waals surface area contributed by atoms with E-state index in [4.69, 9.17) is 28.0 Å². The summed E-state index contributed by atoms with van der Waals surface area (Å²) in [5, 5.41) is 0.124. The Labute approximate surface area is 150 Å². The molecule has 1 aliphatic heterocycles. The molecule has 130 valence electrons. The molecule has 0 radical (unpaired) electrons. The summed E-state index contributed by atoms with van der Waals surface area (Å²) in [4.78, 5) is 15.7. The summed E-state index contributed by atoms with van der Waals surface area (Å²) in [7, 11) is 0. The SMILES string of the molecule is O=Cc1ccc(C2=CC(c3cc(Cl)cc(Cl)c3)(C(F)(F)F)ON2)cc1. The van der Waals surface area contributed by atoms with E-state index < -0.39 is 11.8 Å². The van der Waals surface area contributed by atoms with Gasteiger partial charge in [-0.25, -0.2) is 0 Å². The van der Waals surface area contributed by atoms with Crippen LogP contribution in [-0.2, 0) is 10.4 Å². The molecule has 0 saturated carbocycles. The second-order valence-electron chi connectivity index (χ2n) is 5.39. The summed E-state index contributed by atoms with van der Waals surface area (Å²) in [6, 6.07) is 9.66. The second-order valence-corrected chi connectivity index (χ2v) is 6.27. The van der Waals surface area contributed by atoms with E-state index in [0.29, 0.717) is 17.4 Å². The molecule has 1 N–H and O–H groups in total. The molecule has 3 rings (SSSR count). The highest BCUT2D eigenvalue weighted by molar-refractivity contribution is 6.34. The molecule has 1 aliphatic rings. The molecule has 2 aromatic carbocycles. The highest BCUT2D eigenvalue weighted by Gasteiger charge is 2.59. The van der Waals surface area contributed by atoms with Crippen molar-refractivity contribution in [3.8, 4) is 0 Å². The number of hydroxylamine groups is 1. The Morgan fingerprint density at radius 3 is 2.16 bits per heavy atom. The number of aldehydes is 1. The number of halogens is 5. The number of benzene rings is 2. The van der Waals surface area contributed by atoms with Gasteiger partial charge in [0.2, 0.25) is 5.60 Å².